The summed E-state index contributed by atoms with van der Waals surface area (Å²) in [6, 6.07) is 1.04. The van der Waals surface area contributed by atoms with Crippen molar-refractivity contribution in [2.75, 3.05) is 6.61 Å². The lowest BCUT2D eigenvalue weighted by Gasteiger charge is -2.27. The van der Waals surface area contributed by atoms with Crippen molar-refractivity contribution in [1.29, 1.82) is 0 Å². The molecule has 0 saturated heterocycles. The number of hydrogen-bond donors (Lipinski definition) is 0. The van der Waals surface area contributed by atoms with Gasteiger partial charge in [0.15, 0.2) is 17.0 Å². The maximum Gasteiger partial charge on any atom is 0.323 e. The van der Waals surface area contributed by atoms with Crippen LogP contribution in [-0.2, 0) is 25.7 Å². The Labute approximate surface area is 209 Å². The lowest BCUT2D eigenvalue weighted by atomic mass is 9.82. The van der Waals surface area contributed by atoms with E-state index < -0.39 is 41.4 Å². The molecule has 200 valence electrons. The Bertz CT molecular complexity index is 763. The van der Waals surface area contributed by atoms with E-state index in [9.17, 15) is 22.8 Å². The topological polar surface area (TPSA) is 52.6 Å². The number of ether oxygens (including phenoxy) is 2. The minimum atomic E-state index is -1.51. The van der Waals surface area contributed by atoms with E-state index >= 15 is 0 Å². The summed E-state index contributed by atoms with van der Waals surface area (Å²) in [5.41, 5.74) is -1.81. The third-order valence-electron chi connectivity index (χ3n) is 6.67. The van der Waals surface area contributed by atoms with Crippen LogP contribution in [0.3, 0.4) is 0 Å². The Morgan fingerprint density at radius 1 is 0.657 bits per heavy atom. The van der Waals surface area contributed by atoms with Crippen molar-refractivity contribution in [2.45, 2.75) is 117 Å². The molecule has 0 spiro atoms. The minimum absolute atomic E-state index is 0.153. The summed E-state index contributed by atoms with van der Waals surface area (Å²) in [4.78, 5) is 25.5. The molecule has 0 N–H and O–H groups in total. The Balaban J connectivity index is 2.34. The number of esters is 2. The summed E-state index contributed by atoms with van der Waals surface area (Å²) in [6.45, 7) is 5.20. The normalized spacial score (nSPS) is 11.5. The molecule has 0 aliphatic rings. The molecular weight excluding hydrogens is 457 g/mol. The lowest BCUT2D eigenvalue weighted by Crippen LogP contribution is -2.41. The van der Waals surface area contributed by atoms with E-state index in [1.165, 1.54) is 57.8 Å². The number of hydrogen-bond acceptors (Lipinski definition) is 4. The molecule has 1 rings (SSSR count). The molecule has 0 aliphatic heterocycles. The van der Waals surface area contributed by atoms with Crippen LogP contribution in [0.4, 0.5) is 13.2 Å². The fraction of sp³-hybridized carbons (Fsp3) is 0.714. The molecule has 0 bridgehead atoms. The predicted molar refractivity (Wildman–Crippen MR) is 131 cm³/mol. The Hall–Kier alpha value is -2.05. The predicted octanol–water partition coefficient (Wildman–Crippen LogP) is 8.20. The quantitative estimate of drug-likeness (QED) is 0.0831. The largest absolute Gasteiger partial charge is 0.465 e. The van der Waals surface area contributed by atoms with Crippen LogP contribution < -0.4 is 0 Å². The highest BCUT2D eigenvalue weighted by molar-refractivity contribution is 6.00. The summed E-state index contributed by atoms with van der Waals surface area (Å²) >= 11 is 0. The molecule has 35 heavy (non-hydrogen) atoms. The Morgan fingerprint density at radius 3 is 1.63 bits per heavy atom. The molecular formula is C28H43F3O4. The van der Waals surface area contributed by atoms with E-state index in [0.717, 1.165) is 19.3 Å². The van der Waals surface area contributed by atoms with Crippen molar-refractivity contribution in [3.05, 3.63) is 35.1 Å². The molecule has 0 saturated carbocycles. The Morgan fingerprint density at radius 2 is 1.11 bits per heavy atom. The number of carbonyl (C=O) groups excluding carboxylic acids is 2. The van der Waals surface area contributed by atoms with Gasteiger partial charge in [-0.1, -0.05) is 91.4 Å². The lowest BCUT2D eigenvalue weighted by molar-refractivity contribution is -0.174. The van der Waals surface area contributed by atoms with Gasteiger partial charge in [-0.3, -0.25) is 9.59 Å². The smallest absolute Gasteiger partial charge is 0.323 e. The number of rotatable bonds is 19. The second-order valence-corrected chi connectivity index (χ2v) is 9.25. The highest BCUT2D eigenvalue weighted by atomic mass is 19.2. The molecule has 1 aromatic rings. The zero-order chi connectivity index (χ0) is 26.1. The summed E-state index contributed by atoms with van der Waals surface area (Å²) in [5, 5.41) is 0. The van der Waals surface area contributed by atoms with E-state index in [-0.39, 0.29) is 25.0 Å². The van der Waals surface area contributed by atoms with Gasteiger partial charge in [0.25, 0.3) is 0 Å². The third-order valence-corrected chi connectivity index (χ3v) is 6.67. The van der Waals surface area contributed by atoms with Crippen LogP contribution in [0.5, 0.6) is 0 Å². The summed E-state index contributed by atoms with van der Waals surface area (Å²) < 4.78 is 50.8. The molecule has 0 amide bonds. The number of benzene rings is 1. The molecule has 4 nitrogen and oxygen atoms in total. The molecule has 0 radical (unpaired) electrons. The van der Waals surface area contributed by atoms with E-state index in [0.29, 0.717) is 12.1 Å². The van der Waals surface area contributed by atoms with E-state index in [1.807, 2.05) is 0 Å². The number of unbranched alkanes of at least 4 members (excludes halogenated alkanes) is 11. The fourth-order valence-electron chi connectivity index (χ4n) is 4.11. The summed E-state index contributed by atoms with van der Waals surface area (Å²) in [6.07, 6.45) is 14.7. The maximum atomic E-state index is 13.8. The van der Waals surface area contributed by atoms with Crippen LogP contribution in [0, 0.1) is 22.9 Å². The molecule has 0 aromatic heterocycles. The van der Waals surface area contributed by atoms with Crippen molar-refractivity contribution in [3.63, 3.8) is 0 Å². The molecule has 1 aromatic carbocycles. The van der Waals surface area contributed by atoms with Crippen molar-refractivity contribution in [1.82, 2.24) is 0 Å². The minimum Gasteiger partial charge on any atom is -0.465 e. The average Bonchev–Trinajstić information content (AvgIpc) is 2.84. The van der Waals surface area contributed by atoms with E-state index in [2.05, 4.69) is 6.92 Å². The van der Waals surface area contributed by atoms with Gasteiger partial charge in [0, 0.05) is 11.6 Å². The number of halogens is 3. The highest BCUT2D eigenvalue weighted by Crippen LogP contribution is 2.31. The molecule has 0 atom stereocenters. The van der Waals surface area contributed by atoms with Crippen LogP contribution in [0.2, 0.25) is 0 Å². The first-order valence-corrected chi connectivity index (χ1v) is 13.3. The molecule has 7 heteroatoms. The second kappa shape index (κ2) is 17.4. The van der Waals surface area contributed by atoms with E-state index in [4.69, 9.17) is 9.47 Å². The van der Waals surface area contributed by atoms with Gasteiger partial charge in [-0.15, -0.1) is 0 Å². The van der Waals surface area contributed by atoms with Gasteiger partial charge in [0.2, 0.25) is 0 Å². The van der Waals surface area contributed by atoms with Crippen LogP contribution in [-0.4, -0.2) is 18.5 Å². The monoisotopic (exact) mass is 500 g/mol. The summed E-state index contributed by atoms with van der Waals surface area (Å²) in [7, 11) is 0. The van der Waals surface area contributed by atoms with Crippen LogP contribution in [0.15, 0.2) is 12.1 Å². The molecule has 0 aliphatic carbocycles. The van der Waals surface area contributed by atoms with Gasteiger partial charge in [0.05, 0.1) is 6.61 Å². The number of carbonyl (C=O) groups is 2. The first-order valence-electron chi connectivity index (χ1n) is 13.3. The zero-order valence-electron chi connectivity index (χ0n) is 21.7. The molecule has 0 fully saturated rings. The SMILES string of the molecule is CCCCCCCCCCCCCCOC(=O)C(CC)(CC)C(=O)OCc1cc(F)c(F)cc1F. The zero-order valence-corrected chi connectivity index (χ0v) is 21.7. The van der Waals surface area contributed by atoms with Gasteiger partial charge in [-0.2, -0.15) is 0 Å². The van der Waals surface area contributed by atoms with Crippen molar-refractivity contribution >= 4 is 11.9 Å². The standard InChI is InChI=1S/C28H43F3O4/c1-4-7-8-9-10-11-12-13-14-15-16-17-18-34-26(32)28(5-2,6-3)27(33)35-21-22-19-24(30)25(31)20-23(22)29/h19-20H,4-18,21H2,1-3H3. The van der Waals surface area contributed by atoms with Crippen molar-refractivity contribution < 1.29 is 32.2 Å². The maximum absolute atomic E-state index is 13.8. The van der Waals surface area contributed by atoms with Crippen LogP contribution >= 0.6 is 0 Å². The van der Waals surface area contributed by atoms with Crippen LogP contribution in [0.1, 0.15) is 116 Å². The van der Waals surface area contributed by atoms with Gasteiger partial charge in [-0.05, 0) is 25.3 Å². The third kappa shape index (κ3) is 10.6. The molecule has 0 heterocycles. The van der Waals surface area contributed by atoms with Gasteiger partial charge in [-0.25, -0.2) is 13.2 Å². The van der Waals surface area contributed by atoms with Gasteiger partial charge in [0.1, 0.15) is 12.4 Å². The van der Waals surface area contributed by atoms with Crippen molar-refractivity contribution in [2.24, 2.45) is 5.41 Å². The van der Waals surface area contributed by atoms with Gasteiger partial charge >= 0.3 is 11.9 Å². The van der Waals surface area contributed by atoms with E-state index in [1.54, 1.807) is 13.8 Å². The highest BCUT2D eigenvalue weighted by Gasteiger charge is 2.46. The fourth-order valence-corrected chi connectivity index (χ4v) is 4.11. The molecule has 0 unspecified atom stereocenters. The first-order chi connectivity index (χ1) is 16.8. The van der Waals surface area contributed by atoms with Crippen molar-refractivity contribution in [3.8, 4) is 0 Å². The first kappa shape index (κ1) is 31.0. The average molecular weight is 501 g/mol. The second-order valence-electron chi connectivity index (χ2n) is 9.25. The van der Waals surface area contributed by atoms with Gasteiger partial charge < -0.3 is 9.47 Å². The Kier molecular flexibility index (Phi) is 15.4. The summed E-state index contributed by atoms with van der Waals surface area (Å²) in [5.74, 6) is -5.11. The van der Waals surface area contributed by atoms with Crippen LogP contribution in [0.25, 0.3) is 0 Å².